The number of rotatable bonds is 7. The Morgan fingerprint density at radius 1 is 1.15 bits per heavy atom. The van der Waals surface area contributed by atoms with Gasteiger partial charge in [0.15, 0.2) is 11.0 Å². The third-order valence-electron chi connectivity index (χ3n) is 3.56. The van der Waals surface area contributed by atoms with E-state index in [0.717, 1.165) is 5.56 Å². The number of nitrogens with zero attached hydrogens (tertiary/aromatic N) is 3. The molecule has 0 saturated carbocycles. The highest BCUT2D eigenvalue weighted by atomic mass is 32.2. The summed E-state index contributed by atoms with van der Waals surface area (Å²) >= 11 is 1.25. The monoisotopic (exact) mass is 390 g/mol. The van der Waals surface area contributed by atoms with Crippen molar-refractivity contribution >= 4 is 23.4 Å². The third-order valence-corrected chi connectivity index (χ3v) is 4.58. The fraction of sp³-hybridized carbons (Fsp3) is 0.167. The van der Waals surface area contributed by atoms with Crippen molar-refractivity contribution in [1.82, 2.24) is 14.8 Å². The van der Waals surface area contributed by atoms with Crippen LogP contribution in [0.15, 0.2) is 59.8 Å². The van der Waals surface area contributed by atoms with Crippen molar-refractivity contribution in [2.75, 3.05) is 11.1 Å². The number of carbonyl (C=O) groups is 1. The molecule has 0 aliphatic heterocycles. The highest BCUT2D eigenvalue weighted by Crippen LogP contribution is 2.23. The van der Waals surface area contributed by atoms with Crippen LogP contribution >= 0.6 is 11.8 Å². The first kappa shape index (κ1) is 18.8. The number of thioether (sulfide) groups is 1. The average Bonchev–Trinajstić information content (AvgIpc) is 3.02. The van der Waals surface area contributed by atoms with E-state index in [-0.39, 0.29) is 17.4 Å². The highest BCUT2D eigenvalue weighted by Gasteiger charge is 2.13. The van der Waals surface area contributed by atoms with Gasteiger partial charge in [0.25, 0.3) is 0 Å². The Balaban J connectivity index is 1.56. The van der Waals surface area contributed by atoms with Gasteiger partial charge in [-0.25, -0.2) is 0 Å². The van der Waals surface area contributed by atoms with Gasteiger partial charge >= 0.3 is 6.61 Å². The van der Waals surface area contributed by atoms with Gasteiger partial charge in [-0.2, -0.15) is 8.78 Å². The summed E-state index contributed by atoms with van der Waals surface area (Å²) in [7, 11) is 1.84. The molecule has 2 aromatic carbocycles. The van der Waals surface area contributed by atoms with Crippen LogP contribution in [0.4, 0.5) is 14.5 Å². The van der Waals surface area contributed by atoms with E-state index in [4.69, 9.17) is 0 Å². The van der Waals surface area contributed by atoms with E-state index in [9.17, 15) is 13.6 Å². The maximum atomic E-state index is 12.1. The molecular weight excluding hydrogens is 374 g/mol. The lowest BCUT2D eigenvalue weighted by molar-refractivity contribution is -0.113. The van der Waals surface area contributed by atoms with Crippen molar-refractivity contribution in [3.05, 3.63) is 54.6 Å². The van der Waals surface area contributed by atoms with Crippen molar-refractivity contribution < 1.29 is 18.3 Å². The normalized spacial score (nSPS) is 10.8. The number of nitrogens with one attached hydrogen (secondary N) is 1. The van der Waals surface area contributed by atoms with Gasteiger partial charge < -0.3 is 14.6 Å². The molecule has 1 N–H and O–H groups in total. The quantitative estimate of drug-likeness (QED) is 0.621. The van der Waals surface area contributed by atoms with Gasteiger partial charge in [0.05, 0.1) is 5.75 Å². The maximum absolute atomic E-state index is 12.1. The fourth-order valence-corrected chi connectivity index (χ4v) is 3.04. The molecule has 0 atom stereocenters. The molecule has 3 rings (SSSR count). The van der Waals surface area contributed by atoms with Crippen LogP contribution in [0.25, 0.3) is 11.4 Å². The molecule has 6 nitrogen and oxygen atoms in total. The minimum atomic E-state index is -2.88. The van der Waals surface area contributed by atoms with Gasteiger partial charge in [-0.05, 0) is 24.3 Å². The zero-order valence-corrected chi connectivity index (χ0v) is 15.1. The number of hydrogen-bond donors (Lipinski definition) is 1. The number of carbonyl (C=O) groups excluding carboxylic acids is 1. The second kappa shape index (κ2) is 8.63. The largest absolute Gasteiger partial charge is 0.435 e. The van der Waals surface area contributed by atoms with E-state index in [1.807, 2.05) is 41.9 Å². The second-order valence-corrected chi connectivity index (χ2v) is 6.41. The summed E-state index contributed by atoms with van der Waals surface area (Å²) < 4.78 is 30.3. The van der Waals surface area contributed by atoms with E-state index in [1.54, 1.807) is 0 Å². The molecule has 1 heterocycles. The molecule has 140 valence electrons. The van der Waals surface area contributed by atoms with Crippen LogP contribution in [0.5, 0.6) is 5.75 Å². The predicted molar refractivity (Wildman–Crippen MR) is 98.9 cm³/mol. The van der Waals surface area contributed by atoms with Crippen LogP contribution in [0.3, 0.4) is 0 Å². The number of ether oxygens (including phenoxy) is 1. The lowest BCUT2D eigenvalue weighted by Crippen LogP contribution is -2.14. The number of hydrogen-bond acceptors (Lipinski definition) is 5. The van der Waals surface area contributed by atoms with Gasteiger partial charge in [0.2, 0.25) is 5.91 Å². The van der Waals surface area contributed by atoms with Crippen LogP contribution in [-0.2, 0) is 11.8 Å². The Kier molecular flexibility index (Phi) is 6.02. The van der Waals surface area contributed by atoms with E-state index in [0.29, 0.717) is 16.7 Å². The van der Waals surface area contributed by atoms with Gasteiger partial charge in [-0.3, -0.25) is 4.79 Å². The van der Waals surface area contributed by atoms with Gasteiger partial charge in [0, 0.05) is 18.3 Å². The summed E-state index contributed by atoms with van der Waals surface area (Å²) in [5.74, 6) is 0.639. The summed E-state index contributed by atoms with van der Waals surface area (Å²) in [6.45, 7) is -2.88. The Labute approximate surface area is 158 Å². The van der Waals surface area contributed by atoms with Crippen LogP contribution in [0, 0.1) is 0 Å². The molecule has 0 unspecified atom stereocenters. The van der Waals surface area contributed by atoms with Crippen molar-refractivity contribution in [1.29, 1.82) is 0 Å². The summed E-state index contributed by atoms with van der Waals surface area (Å²) in [6.07, 6.45) is 0. The lowest BCUT2D eigenvalue weighted by Gasteiger charge is -2.07. The van der Waals surface area contributed by atoms with Crippen molar-refractivity contribution in [3.63, 3.8) is 0 Å². The summed E-state index contributed by atoms with van der Waals surface area (Å²) in [6, 6.07) is 15.4. The van der Waals surface area contributed by atoms with Crippen molar-refractivity contribution in [2.45, 2.75) is 11.8 Å². The number of alkyl halides is 2. The molecule has 0 radical (unpaired) electrons. The zero-order valence-electron chi connectivity index (χ0n) is 14.3. The Morgan fingerprint density at radius 3 is 2.52 bits per heavy atom. The van der Waals surface area contributed by atoms with E-state index < -0.39 is 6.61 Å². The van der Waals surface area contributed by atoms with Crippen LogP contribution in [0.1, 0.15) is 0 Å². The van der Waals surface area contributed by atoms with Gasteiger partial charge in [-0.15, -0.1) is 10.2 Å². The SMILES string of the molecule is Cn1c(SCC(=O)Nc2ccc(OC(F)F)cc2)nnc1-c1ccccc1. The number of aromatic nitrogens is 3. The Morgan fingerprint density at radius 2 is 1.85 bits per heavy atom. The molecule has 3 aromatic rings. The number of benzene rings is 2. The van der Waals surface area contributed by atoms with Crippen molar-refractivity contribution in [3.8, 4) is 17.1 Å². The highest BCUT2D eigenvalue weighted by molar-refractivity contribution is 7.99. The van der Waals surface area contributed by atoms with E-state index in [1.165, 1.54) is 36.0 Å². The summed E-state index contributed by atoms with van der Waals surface area (Å²) in [4.78, 5) is 12.1. The fourth-order valence-electron chi connectivity index (χ4n) is 2.33. The summed E-state index contributed by atoms with van der Waals surface area (Å²) in [5, 5.41) is 11.6. The molecule has 0 fully saturated rings. The maximum Gasteiger partial charge on any atom is 0.387 e. The molecule has 0 spiro atoms. The summed E-state index contributed by atoms with van der Waals surface area (Å²) in [5.41, 5.74) is 1.43. The van der Waals surface area contributed by atoms with Crippen LogP contribution in [-0.4, -0.2) is 33.0 Å². The second-order valence-electron chi connectivity index (χ2n) is 5.47. The van der Waals surface area contributed by atoms with Gasteiger partial charge in [0.1, 0.15) is 5.75 Å². The molecule has 0 saturated heterocycles. The lowest BCUT2D eigenvalue weighted by atomic mass is 10.2. The molecule has 1 amide bonds. The Bertz CT molecular complexity index is 901. The predicted octanol–water partition coefficient (Wildman–Crippen LogP) is 3.81. The molecule has 0 aliphatic rings. The molecular formula is C18H16F2N4O2S. The smallest absolute Gasteiger partial charge is 0.387 e. The first-order valence-corrected chi connectivity index (χ1v) is 8.94. The number of anilines is 1. The average molecular weight is 390 g/mol. The van der Waals surface area contributed by atoms with Crippen LogP contribution < -0.4 is 10.1 Å². The minimum absolute atomic E-state index is 0.0323. The molecule has 1 aromatic heterocycles. The van der Waals surface area contributed by atoms with E-state index >= 15 is 0 Å². The number of halogens is 2. The third kappa shape index (κ3) is 5.04. The zero-order chi connectivity index (χ0) is 19.2. The Hall–Kier alpha value is -2.94. The molecule has 0 bridgehead atoms. The first-order chi connectivity index (χ1) is 13.0. The minimum Gasteiger partial charge on any atom is -0.435 e. The molecule has 0 aliphatic carbocycles. The standard InChI is InChI=1S/C18H16F2N4O2S/c1-24-16(12-5-3-2-4-6-12)22-23-18(24)27-11-15(25)21-13-7-9-14(10-8-13)26-17(19)20/h2-10,17H,11H2,1H3,(H,21,25). The molecule has 9 heteroatoms. The topological polar surface area (TPSA) is 69.0 Å². The van der Waals surface area contributed by atoms with Crippen molar-refractivity contribution in [2.24, 2.45) is 7.05 Å². The number of amides is 1. The molecule has 27 heavy (non-hydrogen) atoms. The van der Waals surface area contributed by atoms with Gasteiger partial charge in [-0.1, -0.05) is 42.1 Å². The van der Waals surface area contributed by atoms with E-state index in [2.05, 4.69) is 20.3 Å². The first-order valence-electron chi connectivity index (χ1n) is 7.95. The van der Waals surface area contributed by atoms with Crippen LogP contribution in [0.2, 0.25) is 0 Å².